The van der Waals surface area contributed by atoms with Crippen molar-refractivity contribution in [2.24, 2.45) is 0 Å². The van der Waals surface area contributed by atoms with E-state index in [2.05, 4.69) is 10.3 Å². The molecule has 5 rings (SSSR count). The topological polar surface area (TPSA) is 42.3 Å². The van der Waals surface area contributed by atoms with Crippen molar-refractivity contribution in [3.63, 3.8) is 0 Å². The van der Waals surface area contributed by atoms with Crippen molar-refractivity contribution < 1.29 is 17.9 Å². The van der Waals surface area contributed by atoms with Crippen LogP contribution >= 0.6 is 12.2 Å². The van der Waals surface area contributed by atoms with Crippen LogP contribution in [-0.2, 0) is 6.18 Å². The van der Waals surface area contributed by atoms with Gasteiger partial charge in [0.25, 0.3) is 0 Å². The molecular formula is C28H25F3N4OS. The lowest BCUT2D eigenvalue weighted by Gasteiger charge is -2.28. The molecule has 1 aliphatic heterocycles. The highest BCUT2D eigenvalue weighted by Gasteiger charge is 2.42. The number of nitrogens with zero attached hydrogens (tertiary/aromatic N) is 3. The van der Waals surface area contributed by atoms with E-state index in [0.717, 1.165) is 34.4 Å². The molecule has 0 saturated carbocycles. The summed E-state index contributed by atoms with van der Waals surface area (Å²) >= 11 is 5.80. The number of thiocarbonyl (C=S) groups is 1. The molecule has 0 spiro atoms. The summed E-state index contributed by atoms with van der Waals surface area (Å²) in [6.07, 6.45) is -2.69. The first-order valence-electron chi connectivity index (χ1n) is 11.7. The number of benzene rings is 2. The number of hydrogen-bond donors (Lipinski definition) is 1. The molecule has 0 aliphatic carbocycles. The highest BCUT2D eigenvalue weighted by molar-refractivity contribution is 7.80. The Morgan fingerprint density at radius 2 is 1.70 bits per heavy atom. The number of alkyl halides is 3. The molecule has 1 saturated heterocycles. The number of hydrogen-bond acceptors (Lipinski definition) is 3. The number of aromatic nitrogens is 2. The Labute approximate surface area is 218 Å². The summed E-state index contributed by atoms with van der Waals surface area (Å²) < 4.78 is 47.7. The Hall–Kier alpha value is -3.85. The highest BCUT2D eigenvalue weighted by atomic mass is 32.1. The van der Waals surface area contributed by atoms with Gasteiger partial charge in [-0.1, -0.05) is 18.2 Å². The van der Waals surface area contributed by atoms with Crippen LogP contribution in [0.2, 0.25) is 0 Å². The van der Waals surface area contributed by atoms with E-state index in [1.807, 2.05) is 71.8 Å². The molecule has 0 unspecified atom stereocenters. The highest BCUT2D eigenvalue weighted by Crippen LogP contribution is 2.44. The van der Waals surface area contributed by atoms with Gasteiger partial charge in [-0.25, -0.2) is 0 Å². The summed E-state index contributed by atoms with van der Waals surface area (Å²) in [6.45, 7) is 3.81. The maximum atomic E-state index is 13.5. The average molecular weight is 523 g/mol. The van der Waals surface area contributed by atoms with Crippen molar-refractivity contribution in [3.05, 3.63) is 107 Å². The van der Waals surface area contributed by atoms with Gasteiger partial charge >= 0.3 is 6.18 Å². The monoisotopic (exact) mass is 522 g/mol. The molecule has 3 heterocycles. The summed E-state index contributed by atoms with van der Waals surface area (Å²) in [4.78, 5) is 6.61. The number of halogens is 3. The van der Waals surface area contributed by atoms with Crippen molar-refractivity contribution in [1.29, 1.82) is 0 Å². The number of rotatable bonds is 5. The molecule has 1 N–H and O–H groups in total. The van der Waals surface area contributed by atoms with Crippen LogP contribution in [0.1, 0.15) is 40.3 Å². The summed E-state index contributed by atoms with van der Waals surface area (Å²) in [7, 11) is 1.61. The van der Waals surface area contributed by atoms with E-state index in [-0.39, 0.29) is 12.1 Å². The minimum absolute atomic E-state index is 0.282. The molecule has 9 heteroatoms. The van der Waals surface area contributed by atoms with E-state index in [0.29, 0.717) is 16.5 Å². The number of pyridine rings is 1. The first-order chi connectivity index (χ1) is 17.7. The fraction of sp³-hybridized carbons (Fsp3) is 0.214. The lowest BCUT2D eigenvalue weighted by Crippen LogP contribution is -2.29. The third-order valence-electron chi connectivity index (χ3n) is 6.65. The number of methoxy groups -OCH3 is 1. The predicted octanol–water partition coefficient (Wildman–Crippen LogP) is 6.69. The third kappa shape index (κ3) is 4.55. The molecule has 2 aromatic heterocycles. The molecule has 1 fully saturated rings. The van der Waals surface area contributed by atoms with Crippen LogP contribution in [0.15, 0.2) is 79.0 Å². The third-order valence-corrected chi connectivity index (χ3v) is 6.96. The van der Waals surface area contributed by atoms with Crippen molar-refractivity contribution in [2.75, 3.05) is 12.0 Å². The van der Waals surface area contributed by atoms with Gasteiger partial charge in [0.15, 0.2) is 5.11 Å². The van der Waals surface area contributed by atoms with Gasteiger partial charge in [-0.15, -0.1) is 0 Å². The molecule has 4 aromatic rings. The second-order valence-electron chi connectivity index (χ2n) is 8.91. The minimum Gasteiger partial charge on any atom is -0.497 e. The first kappa shape index (κ1) is 24.8. The summed E-state index contributed by atoms with van der Waals surface area (Å²) in [5.74, 6) is 0.690. The number of ether oxygens (including phenoxy) is 1. The van der Waals surface area contributed by atoms with Gasteiger partial charge in [-0.05, 0) is 80.2 Å². The van der Waals surface area contributed by atoms with Crippen LogP contribution in [-0.4, -0.2) is 21.8 Å². The quantitative estimate of drug-likeness (QED) is 0.296. The SMILES string of the molecule is COc1cccc(N2C(=S)N[C@@H](c3ccccn3)[C@@H]2c2cc(C)n(-c3cccc(C(F)(F)F)c3)c2C)c1. The average Bonchev–Trinajstić information content (AvgIpc) is 3.39. The Morgan fingerprint density at radius 1 is 0.946 bits per heavy atom. The zero-order chi connectivity index (χ0) is 26.3. The Morgan fingerprint density at radius 3 is 2.41 bits per heavy atom. The standard InChI is InChI=1S/C28H25F3N4OS/c1-17-14-23(18(2)34(17)20-9-6-8-19(15-20)28(29,30)31)26-25(24-12-4-5-13-32-24)33-27(37)35(26)21-10-7-11-22(16-21)36-3/h4-16,25-26H,1-3H3,(H,33,37)/t25-,26-/m0/s1. The second kappa shape index (κ2) is 9.55. The maximum absolute atomic E-state index is 13.5. The number of anilines is 1. The van der Waals surface area contributed by atoms with Crippen LogP contribution < -0.4 is 15.0 Å². The predicted molar refractivity (Wildman–Crippen MR) is 141 cm³/mol. The van der Waals surface area contributed by atoms with Gasteiger partial charge in [0, 0.05) is 35.0 Å². The zero-order valence-electron chi connectivity index (χ0n) is 20.5. The van der Waals surface area contributed by atoms with E-state index in [9.17, 15) is 13.2 Å². The molecular weight excluding hydrogens is 497 g/mol. The van der Waals surface area contributed by atoms with Crippen molar-refractivity contribution >= 4 is 23.0 Å². The normalized spacial score (nSPS) is 17.7. The lowest BCUT2D eigenvalue weighted by atomic mass is 9.96. The molecule has 0 amide bonds. The Bertz CT molecular complexity index is 1450. The number of nitrogens with one attached hydrogen (secondary N) is 1. The molecule has 37 heavy (non-hydrogen) atoms. The fourth-order valence-electron chi connectivity index (χ4n) is 5.02. The van der Waals surface area contributed by atoms with Crippen LogP contribution in [0.4, 0.5) is 18.9 Å². The van der Waals surface area contributed by atoms with Gasteiger partial charge < -0.3 is 19.5 Å². The minimum atomic E-state index is -4.43. The van der Waals surface area contributed by atoms with Crippen LogP contribution in [0.3, 0.4) is 0 Å². The molecule has 2 atom stereocenters. The molecule has 5 nitrogen and oxygen atoms in total. The van der Waals surface area contributed by atoms with Crippen molar-refractivity contribution in [3.8, 4) is 11.4 Å². The van der Waals surface area contributed by atoms with Gasteiger partial charge in [-0.3, -0.25) is 4.98 Å². The molecule has 0 bridgehead atoms. The van der Waals surface area contributed by atoms with Crippen LogP contribution in [0, 0.1) is 13.8 Å². The Kier molecular flexibility index (Phi) is 6.41. The van der Waals surface area contributed by atoms with E-state index >= 15 is 0 Å². The number of aryl methyl sites for hydroxylation is 1. The largest absolute Gasteiger partial charge is 0.497 e. The van der Waals surface area contributed by atoms with E-state index < -0.39 is 11.7 Å². The first-order valence-corrected chi connectivity index (χ1v) is 12.1. The summed E-state index contributed by atoms with van der Waals surface area (Å²) in [5, 5.41) is 3.95. The smallest absolute Gasteiger partial charge is 0.416 e. The summed E-state index contributed by atoms with van der Waals surface area (Å²) in [5.41, 5.74) is 3.98. The lowest BCUT2D eigenvalue weighted by molar-refractivity contribution is -0.137. The van der Waals surface area contributed by atoms with E-state index in [1.54, 1.807) is 19.4 Å². The van der Waals surface area contributed by atoms with E-state index in [4.69, 9.17) is 17.0 Å². The zero-order valence-corrected chi connectivity index (χ0v) is 21.3. The summed E-state index contributed by atoms with van der Waals surface area (Å²) in [6, 6.07) is 20.1. The molecule has 0 radical (unpaired) electrons. The van der Waals surface area contributed by atoms with Crippen LogP contribution in [0.5, 0.6) is 5.75 Å². The molecule has 1 aliphatic rings. The van der Waals surface area contributed by atoms with Crippen LogP contribution in [0.25, 0.3) is 5.69 Å². The van der Waals surface area contributed by atoms with Gasteiger partial charge in [0.05, 0.1) is 30.5 Å². The molecule has 2 aromatic carbocycles. The maximum Gasteiger partial charge on any atom is 0.416 e. The van der Waals surface area contributed by atoms with Gasteiger partial charge in [0.2, 0.25) is 0 Å². The van der Waals surface area contributed by atoms with Gasteiger partial charge in [0.1, 0.15) is 5.75 Å². The van der Waals surface area contributed by atoms with Crippen molar-refractivity contribution in [1.82, 2.24) is 14.9 Å². The van der Waals surface area contributed by atoms with Gasteiger partial charge in [-0.2, -0.15) is 13.2 Å². The molecule has 190 valence electrons. The van der Waals surface area contributed by atoms with E-state index in [1.165, 1.54) is 12.1 Å². The second-order valence-corrected chi connectivity index (χ2v) is 9.29. The van der Waals surface area contributed by atoms with Crippen molar-refractivity contribution in [2.45, 2.75) is 32.1 Å². The Balaban J connectivity index is 1.67. The fourth-order valence-corrected chi connectivity index (χ4v) is 5.36.